The van der Waals surface area contributed by atoms with Gasteiger partial charge in [0.2, 0.25) is 0 Å². The fourth-order valence-corrected chi connectivity index (χ4v) is 4.00. The van der Waals surface area contributed by atoms with Crippen LogP contribution in [0, 0.1) is 5.92 Å². The second-order valence-electron chi connectivity index (χ2n) is 8.51. The normalized spacial score (nSPS) is 14.3. The van der Waals surface area contributed by atoms with E-state index in [9.17, 15) is 4.79 Å². The zero-order chi connectivity index (χ0) is 22.6. The van der Waals surface area contributed by atoms with Gasteiger partial charge in [0.05, 0.1) is 11.4 Å². The number of carbonyl (C=O) groups excluding carboxylic acids is 1. The van der Waals surface area contributed by atoms with Gasteiger partial charge >= 0.3 is 0 Å². The second kappa shape index (κ2) is 9.24. The third-order valence-electron chi connectivity index (χ3n) is 6.09. The number of nitrogens with one attached hydrogen (secondary N) is 2. The molecule has 33 heavy (non-hydrogen) atoms. The van der Waals surface area contributed by atoms with Crippen molar-refractivity contribution in [1.29, 1.82) is 0 Å². The Kier molecular flexibility index (Phi) is 5.85. The van der Waals surface area contributed by atoms with Crippen molar-refractivity contribution in [1.82, 2.24) is 20.4 Å². The van der Waals surface area contributed by atoms with Crippen molar-refractivity contribution in [2.24, 2.45) is 5.92 Å². The first-order valence-electron chi connectivity index (χ1n) is 11.3. The molecule has 7 heteroatoms. The molecule has 0 bridgehead atoms. The zero-order valence-corrected chi connectivity index (χ0v) is 18.5. The van der Waals surface area contributed by atoms with Gasteiger partial charge in [0.25, 0.3) is 5.91 Å². The molecule has 2 aromatic heterocycles. The molecule has 0 unspecified atom stereocenters. The van der Waals surface area contributed by atoms with Gasteiger partial charge < -0.3 is 10.2 Å². The van der Waals surface area contributed by atoms with Crippen LogP contribution in [-0.4, -0.2) is 39.4 Å². The Morgan fingerprint density at radius 1 is 0.909 bits per heavy atom. The van der Waals surface area contributed by atoms with Crippen molar-refractivity contribution < 1.29 is 4.79 Å². The molecule has 3 heterocycles. The third-order valence-corrected chi connectivity index (χ3v) is 6.09. The second-order valence-corrected chi connectivity index (χ2v) is 8.51. The monoisotopic (exact) mass is 438 g/mol. The molecule has 2 aromatic carbocycles. The summed E-state index contributed by atoms with van der Waals surface area (Å²) in [6.45, 7) is 4.37. The number of piperidine rings is 1. The fourth-order valence-electron chi connectivity index (χ4n) is 4.00. The third kappa shape index (κ3) is 4.77. The van der Waals surface area contributed by atoms with Gasteiger partial charge in [-0.3, -0.25) is 9.89 Å². The summed E-state index contributed by atoms with van der Waals surface area (Å²) in [4.78, 5) is 14.9. The number of hydrogen-bond acceptors (Lipinski definition) is 5. The van der Waals surface area contributed by atoms with E-state index in [-0.39, 0.29) is 5.91 Å². The SMILES string of the molecule is CC1CCN(c2ccc(-c3ccc(NC(=O)c4cc(-c5ccccc5)n[nH]4)cc3)nn2)CC1. The minimum atomic E-state index is -0.238. The van der Waals surface area contributed by atoms with Gasteiger partial charge in [-0.2, -0.15) is 5.10 Å². The van der Waals surface area contributed by atoms with Crippen LogP contribution < -0.4 is 10.2 Å². The molecular formula is C26H26N6O. The number of H-pyrrole nitrogens is 1. The van der Waals surface area contributed by atoms with E-state index >= 15 is 0 Å². The van der Waals surface area contributed by atoms with E-state index in [4.69, 9.17) is 0 Å². The van der Waals surface area contributed by atoms with Crippen molar-refractivity contribution >= 4 is 17.4 Å². The van der Waals surface area contributed by atoms with Crippen molar-refractivity contribution in [3.8, 4) is 22.5 Å². The number of carbonyl (C=O) groups is 1. The highest BCUT2D eigenvalue weighted by Crippen LogP contribution is 2.24. The van der Waals surface area contributed by atoms with E-state index in [1.165, 1.54) is 12.8 Å². The number of hydrogen-bond donors (Lipinski definition) is 2. The number of aromatic nitrogens is 4. The van der Waals surface area contributed by atoms with Crippen molar-refractivity contribution in [2.75, 3.05) is 23.3 Å². The van der Waals surface area contributed by atoms with Crippen molar-refractivity contribution in [3.63, 3.8) is 0 Å². The van der Waals surface area contributed by atoms with Crippen LogP contribution in [-0.2, 0) is 0 Å². The maximum absolute atomic E-state index is 12.6. The first-order valence-corrected chi connectivity index (χ1v) is 11.3. The molecule has 0 aliphatic carbocycles. The van der Waals surface area contributed by atoms with E-state index in [1.54, 1.807) is 6.07 Å². The standard InChI is InChI=1S/C26H26N6O/c1-18-13-15-32(16-14-18)25-12-11-22(28-31-25)20-7-9-21(10-8-20)27-26(33)24-17-23(29-30-24)19-5-3-2-4-6-19/h2-12,17-18H,13-16H2,1H3,(H,27,33)(H,29,30). The first-order chi connectivity index (χ1) is 16.2. The summed E-state index contributed by atoms with van der Waals surface area (Å²) < 4.78 is 0. The minimum Gasteiger partial charge on any atom is -0.355 e. The number of amides is 1. The zero-order valence-electron chi connectivity index (χ0n) is 18.5. The van der Waals surface area contributed by atoms with Crippen LogP contribution in [0.25, 0.3) is 22.5 Å². The largest absolute Gasteiger partial charge is 0.355 e. The van der Waals surface area contributed by atoms with Crippen LogP contribution in [0.5, 0.6) is 0 Å². The molecule has 0 atom stereocenters. The molecule has 0 saturated carbocycles. The van der Waals surface area contributed by atoms with Gasteiger partial charge in [-0.1, -0.05) is 49.4 Å². The van der Waals surface area contributed by atoms with E-state index in [0.717, 1.165) is 47.3 Å². The molecule has 4 aromatic rings. The Balaban J connectivity index is 1.23. The first kappa shape index (κ1) is 20.9. The van der Waals surface area contributed by atoms with E-state index in [0.29, 0.717) is 11.4 Å². The number of aromatic amines is 1. The lowest BCUT2D eigenvalue weighted by molar-refractivity contribution is 0.102. The Hall–Kier alpha value is -4.00. The Morgan fingerprint density at radius 3 is 2.33 bits per heavy atom. The molecule has 5 rings (SSSR count). The van der Waals surface area contributed by atoms with Crippen LogP contribution in [0.1, 0.15) is 30.3 Å². The van der Waals surface area contributed by atoms with Crippen LogP contribution in [0.2, 0.25) is 0 Å². The molecule has 7 nitrogen and oxygen atoms in total. The number of nitrogens with zero attached hydrogens (tertiary/aromatic N) is 4. The van der Waals surface area contributed by atoms with Crippen LogP contribution in [0.3, 0.4) is 0 Å². The smallest absolute Gasteiger partial charge is 0.273 e. The summed E-state index contributed by atoms with van der Waals surface area (Å²) >= 11 is 0. The van der Waals surface area contributed by atoms with Gasteiger partial charge in [0.15, 0.2) is 5.82 Å². The highest BCUT2D eigenvalue weighted by atomic mass is 16.1. The average molecular weight is 439 g/mol. The summed E-state index contributed by atoms with van der Waals surface area (Å²) in [7, 11) is 0. The lowest BCUT2D eigenvalue weighted by atomic mass is 9.99. The molecular weight excluding hydrogens is 412 g/mol. The maximum atomic E-state index is 12.6. The molecule has 0 spiro atoms. The summed E-state index contributed by atoms with van der Waals surface area (Å²) in [5.41, 5.74) is 4.56. The molecule has 1 amide bonds. The molecule has 166 valence electrons. The Bertz CT molecular complexity index is 1210. The quantitative estimate of drug-likeness (QED) is 0.457. The van der Waals surface area contributed by atoms with E-state index in [2.05, 4.69) is 37.5 Å². The number of rotatable bonds is 5. The van der Waals surface area contributed by atoms with Crippen LogP contribution in [0.15, 0.2) is 72.8 Å². The minimum absolute atomic E-state index is 0.238. The Morgan fingerprint density at radius 2 is 1.64 bits per heavy atom. The predicted molar refractivity (Wildman–Crippen MR) is 130 cm³/mol. The van der Waals surface area contributed by atoms with Crippen molar-refractivity contribution in [2.45, 2.75) is 19.8 Å². The number of anilines is 2. The summed E-state index contributed by atoms with van der Waals surface area (Å²) in [5, 5.41) is 18.8. The molecule has 2 N–H and O–H groups in total. The topological polar surface area (TPSA) is 86.8 Å². The molecule has 1 aliphatic heterocycles. The van der Waals surface area contributed by atoms with Crippen LogP contribution >= 0.6 is 0 Å². The Labute approximate surface area is 192 Å². The van der Waals surface area contributed by atoms with Gasteiger partial charge in [0.1, 0.15) is 5.69 Å². The predicted octanol–water partition coefficient (Wildman–Crippen LogP) is 5.02. The molecule has 0 radical (unpaired) electrons. The summed E-state index contributed by atoms with van der Waals surface area (Å²) in [6, 6.07) is 23.1. The molecule has 1 saturated heterocycles. The van der Waals surface area contributed by atoms with Gasteiger partial charge in [-0.15, -0.1) is 10.2 Å². The lowest BCUT2D eigenvalue weighted by Crippen LogP contribution is -2.33. The summed E-state index contributed by atoms with van der Waals surface area (Å²) in [5.74, 6) is 1.48. The number of benzene rings is 2. The highest BCUT2D eigenvalue weighted by molar-refractivity contribution is 6.03. The fraction of sp³-hybridized carbons (Fsp3) is 0.231. The van der Waals surface area contributed by atoms with Crippen LogP contribution in [0.4, 0.5) is 11.5 Å². The maximum Gasteiger partial charge on any atom is 0.273 e. The van der Waals surface area contributed by atoms with E-state index in [1.807, 2.05) is 66.7 Å². The lowest BCUT2D eigenvalue weighted by Gasteiger charge is -2.30. The van der Waals surface area contributed by atoms with Crippen molar-refractivity contribution in [3.05, 3.63) is 78.5 Å². The van der Waals surface area contributed by atoms with E-state index < -0.39 is 0 Å². The van der Waals surface area contributed by atoms with Gasteiger partial charge in [-0.25, -0.2) is 0 Å². The van der Waals surface area contributed by atoms with Gasteiger partial charge in [0, 0.05) is 29.9 Å². The molecule has 1 fully saturated rings. The average Bonchev–Trinajstić information content (AvgIpc) is 3.37. The highest BCUT2D eigenvalue weighted by Gasteiger charge is 2.17. The van der Waals surface area contributed by atoms with Gasteiger partial charge in [-0.05, 0) is 49.1 Å². The molecule has 1 aliphatic rings. The summed E-state index contributed by atoms with van der Waals surface area (Å²) in [6.07, 6.45) is 2.39.